The maximum Gasteiger partial charge on any atom is 0.213 e. The van der Waals surface area contributed by atoms with E-state index in [1.54, 1.807) is 0 Å². The summed E-state index contributed by atoms with van der Waals surface area (Å²) in [5.41, 5.74) is 14.3. The van der Waals surface area contributed by atoms with Crippen LogP contribution in [0.3, 0.4) is 0 Å². The molecule has 0 aliphatic heterocycles. The fourth-order valence-electron chi connectivity index (χ4n) is 4.84. The molecule has 0 unspecified atom stereocenters. The highest BCUT2D eigenvalue weighted by Crippen LogP contribution is 2.44. The topological polar surface area (TPSA) is 3.88 Å². The Balaban J connectivity index is 1.98. The Bertz CT molecular complexity index is 1070. The third-order valence-corrected chi connectivity index (χ3v) is 6.41. The van der Waals surface area contributed by atoms with Crippen LogP contribution < -0.4 is 4.57 Å². The van der Waals surface area contributed by atoms with Crippen LogP contribution in [0.5, 0.6) is 0 Å². The van der Waals surface area contributed by atoms with Crippen LogP contribution in [0.1, 0.15) is 72.9 Å². The number of nitrogens with zero attached hydrogens (tertiary/aromatic N) is 1. The largest absolute Gasteiger partial charge is 0.213 e. The molecule has 2 aromatic carbocycles. The highest BCUT2D eigenvalue weighted by molar-refractivity contribution is 5.85. The lowest BCUT2D eigenvalue weighted by Gasteiger charge is -2.17. The van der Waals surface area contributed by atoms with Crippen LogP contribution in [0.2, 0.25) is 0 Å². The Morgan fingerprint density at radius 3 is 2.14 bits per heavy atom. The van der Waals surface area contributed by atoms with E-state index in [0.717, 1.165) is 6.42 Å². The number of hydrogen-bond acceptors (Lipinski definition) is 0. The molecule has 0 saturated heterocycles. The van der Waals surface area contributed by atoms with Crippen LogP contribution >= 0.6 is 0 Å². The van der Waals surface area contributed by atoms with Crippen molar-refractivity contribution in [1.29, 1.82) is 0 Å². The summed E-state index contributed by atoms with van der Waals surface area (Å²) in [6.07, 6.45) is 3.40. The van der Waals surface area contributed by atoms with Gasteiger partial charge >= 0.3 is 0 Å². The molecule has 0 saturated carbocycles. The van der Waals surface area contributed by atoms with E-state index in [2.05, 4.69) is 95.8 Å². The Morgan fingerprint density at radius 2 is 1.46 bits per heavy atom. The quantitative estimate of drug-likeness (QED) is 0.357. The molecule has 1 aliphatic rings. The second-order valence-electron chi connectivity index (χ2n) is 9.05. The zero-order valence-corrected chi connectivity index (χ0v) is 18.4. The van der Waals surface area contributed by atoms with Gasteiger partial charge in [0, 0.05) is 11.6 Å². The van der Waals surface area contributed by atoms with Crippen molar-refractivity contribution >= 4 is 0 Å². The number of pyridine rings is 1. The molecule has 1 heterocycles. The van der Waals surface area contributed by atoms with Crippen LogP contribution in [0.25, 0.3) is 22.4 Å². The molecule has 1 aliphatic carbocycles. The van der Waals surface area contributed by atoms with E-state index in [-0.39, 0.29) is 0 Å². The first kappa shape index (κ1) is 18.9. The van der Waals surface area contributed by atoms with Gasteiger partial charge in [-0.15, -0.1) is 0 Å². The second kappa shape index (κ2) is 6.88. The van der Waals surface area contributed by atoms with E-state index in [1.165, 1.54) is 55.8 Å². The molecule has 28 heavy (non-hydrogen) atoms. The van der Waals surface area contributed by atoms with E-state index >= 15 is 0 Å². The van der Waals surface area contributed by atoms with E-state index in [1.807, 2.05) is 0 Å². The average Bonchev–Trinajstić information content (AvgIpc) is 3.01. The summed E-state index contributed by atoms with van der Waals surface area (Å²) in [6.45, 7) is 13.7. The van der Waals surface area contributed by atoms with Gasteiger partial charge in [-0.1, -0.05) is 58.0 Å². The summed E-state index contributed by atoms with van der Waals surface area (Å²) >= 11 is 0. The molecule has 0 fully saturated rings. The third kappa shape index (κ3) is 2.89. The Hall–Kier alpha value is -2.41. The number of benzene rings is 2. The molecule has 0 radical (unpaired) electrons. The van der Waals surface area contributed by atoms with Crippen molar-refractivity contribution in [2.45, 2.75) is 59.8 Å². The minimum absolute atomic E-state index is 0.522. The molecule has 0 atom stereocenters. The van der Waals surface area contributed by atoms with E-state index in [9.17, 15) is 0 Å². The van der Waals surface area contributed by atoms with Crippen molar-refractivity contribution in [3.63, 3.8) is 0 Å². The first-order chi connectivity index (χ1) is 13.3. The predicted octanol–water partition coefficient (Wildman–Crippen LogP) is 6.61. The molecule has 3 aromatic rings. The van der Waals surface area contributed by atoms with Crippen molar-refractivity contribution in [3.05, 3.63) is 76.0 Å². The van der Waals surface area contributed by atoms with Gasteiger partial charge in [-0.25, -0.2) is 4.57 Å². The minimum Gasteiger partial charge on any atom is -0.201 e. The Morgan fingerprint density at radius 1 is 0.786 bits per heavy atom. The number of fused-ring (bicyclic) bond motifs is 3. The first-order valence-corrected chi connectivity index (χ1v) is 10.5. The number of hydrogen-bond donors (Lipinski definition) is 0. The van der Waals surface area contributed by atoms with E-state index < -0.39 is 0 Å². The monoisotopic (exact) mass is 370 g/mol. The van der Waals surface area contributed by atoms with Gasteiger partial charge in [-0.3, -0.25) is 0 Å². The highest BCUT2D eigenvalue weighted by Gasteiger charge is 2.28. The van der Waals surface area contributed by atoms with Gasteiger partial charge in [0.25, 0.3) is 0 Å². The SMILES string of the molecule is Cc1cccc2c1Cc1c-2ccc(C)c1-c1cc(C(C)C)c(C(C)C)c[n+]1C. The summed E-state index contributed by atoms with van der Waals surface area (Å²) in [5.74, 6) is 1.06. The van der Waals surface area contributed by atoms with Crippen LogP contribution in [0.15, 0.2) is 42.6 Å². The lowest BCUT2D eigenvalue weighted by atomic mass is 9.88. The van der Waals surface area contributed by atoms with Gasteiger partial charge < -0.3 is 0 Å². The average molecular weight is 371 g/mol. The molecular formula is C27H32N+. The maximum atomic E-state index is 2.46. The van der Waals surface area contributed by atoms with E-state index in [4.69, 9.17) is 0 Å². The lowest BCUT2D eigenvalue weighted by Crippen LogP contribution is -2.33. The van der Waals surface area contributed by atoms with Crippen molar-refractivity contribution in [2.24, 2.45) is 7.05 Å². The Labute approximate surface area is 170 Å². The van der Waals surface area contributed by atoms with Gasteiger partial charge in [-0.05, 0) is 71.0 Å². The number of aromatic nitrogens is 1. The molecule has 1 aromatic heterocycles. The third-order valence-electron chi connectivity index (χ3n) is 6.41. The number of aryl methyl sites for hydroxylation is 3. The van der Waals surface area contributed by atoms with Gasteiger partial charge in [-0.2, -0.15) is 0 Å². The summed E-state index contributed by atoms with van der Waals surface area (Å²) in [6, 6.07) is 13.8. The summed E-state index contributed by atoms with van der Waals surface area (Å²) in [5, 5.41) is 0. The zero-order chi connectivity index (χ0) is 20.2. The van der Waals surface area contributed by atoms with Crippen molar-refractivity contribution in [1.82, 2.24) is 0 Å². The summed E-state index contributed by atoms with van der Waals surface area (Å²) in [7, 11) is 2.21. The van der Waals surface area contributed by atoms with Crippen molar-refractivity contribution < 1.29 is 4.57 Å². The maximum absolute atomic E-state index is 2.46. The van der Waals surface area contributed by atoms with Crippen LogP contribution in [-0.4, -0.2) is 0 Å². The van der Waals surface area contributed by atoms with E-state index in [0.29, 0.717) is 11.8 Å². The molecule has 0 N–H and O–H groups in total. The van der Waals surface area contributed by atoms with Gasteiger partial charge in [0.05, 0.1) is 5.56 Å². The normalized spacial score (nSPS) is 12.6. The zero-order valence-electron chi connectivity index (χ0n) is 18.4. The second-order valence-corrected chi connectivity index (χ2v) is 9.05. The first-order valence-electron chi connectivity index (χ1n) is 10.5. The van der Waals surface area contributed by atoms with Crippen molar-refractivity contribution in [2.75, 3.05) is 0 Å². The van der Waals surface area contributed by atoms with Crippen LogP contribution in [-0.2, 0) is 13.5 Å². The molecular weight excluding hydrogens is 338 g/mol. The molecule has 0 amide bonds. The lowest BCUT2D eigenvalue weighted by molar-refractivity contribution is -0.661. The van der Waals surface area contributed by atoms with Gasteiger partial charge in [0.1, 0.15) is 7.05 Å². The molecule has 1 nitrogen and oxygen atoms in total. The van der Waals surface area contributed by atoms with Crippen molar-refractivity contribution in [3.8, 4) is 22.4 Å². The molecule has 4 rings (SSSR count). The summed E-state index contributed by atoms with van der Waals surface area (Å²) < 4.78 is 2.35. The number of rotatable bonds is 3. The molecule has 0 bridgehead atoms. The highest BCUT2D eigenvalue weighted by atomic mass is 14.9. The van der Waals surface area contributed by atoms with Crippen LogP contribution in [0.4, 0.5) is 0 Å². The predicted molar refractivity (Wildman–Crippen MR) is 119 cm³/mol. The molecule has 1 heteroatoms. The minimum atomic E-state index is 0.522. The van der Waals surface area contributed by atoms with Crippen LogP contribution in [0, 0.1) is 13.8 Å². The molecule has 144 valence electrons. The van der Waals surface area contributed by atoms with Gasteiger partial charge in [0.15, 0.2) is 6.20 Å². The fourth-order valence-corrected chi connectivity index (χ4v) is 4.84. The summed E-state index contributed by atoms with van der Waals surface area (Å²) in [4.78, 5) is 0. The van der Waals surface area contributed by atoms with Gasteiger partial charge in [0.2, 0.25) is 5.69 Å². The molecule has 0 spiro atoms. The smallest absolute Gasteiger partial charge is 0.201 e. The fraction of sp³-hybridized carbons (Fsp3) is 0.370. The Kier molecular flexibility index (Phi) is 4.65. The standard InChI is InChI=1S/C27H32N/c1-16(2)22-14-26(28(7)15-25(22)17(3)4)27-19(6)11-12-21-20-10-8-9-18(5)23(20)13-24(21)27/h8-12,14-17H,13H2,1-7H3/q+1.